The molecule has 0 saturated carbocycles. The van der Waals surface area contributed by atoms with Gasteiger partial charge in [-0.2, -0.15) is 0 Å². The number of aromatic nitrogens is 4. The van der Waals surface area contributed by atoms with E-state index in [1.807, 2.05) is 80.2 Å². The van der Waals surface area contributed by atoms with Crippen LogP contribution >= 0.6 is 39.0 Å². The number of nitrogens with one attached hydrogen (secondary N) is 2. The standard InChI is InChI=1S/C26H27BrN6O2S2/c1-15(2)22(30-24(35)18-7-5-6-16(3)12-18)23-31-32-26(33(23)4)37-14-21(34)29-25-28-20(13-36-25)17-8-10-19(27)11-9-17/h5-13,15,22H,14H2,1-4H3,(H,30,35)(H,28,29,34). The molecule has 0 aliphatic rings. The fourth-order valence-electron chi connectivity index (χ4n) is 3.63. The summed E-state index contributed by atoms with van der Waals surface area (Å²) in [6.07, 6.45) is 0. The highest BCUT2D eigenvalue weighted by atomic mass is 79.9. The third kappa shape index (κ3) is 6.85. The lowest BCUT2D eigenvalue weighted by Crippen LogP contribution is -2.33. The van der Waals surface area contributed by atoms with Crippen molar-refractivity contribution in [2.45, 2.75) is 32.0 Å². The van der Waals surface area contributed by atoms with Crippen LogP contribution in [-0.4, -0.2) is 37.3 Å². The van der Waals surface area contributed by atoms with E-state index in [1.165, 1.54) is 23.1 Å². The number of thiazole rings is 1. The van der Waals surface area contributed by atoms with E-state index in [0.717, 1.165) is 21.3 Å². The zero-order chi connectivity index (χ0) is 26.5. The molecule has 2 N–H and O–H groups in total. The van der Waals surface area contributed by atoms with Gasteiger partial charge in [0.2, 0.25) is 5.91 Å². The van der Waals surface area contributed by atoms with Crippen molar-refractivity contribution in [3.05, 3.63) is 75.3 Å². The molecule has 1 atom stereocenters. The van der Waals surface area contributed by atoms with Crippen LogP contribution in [0, 0.1) is 12.8 Å². The average Bonchev–Trinajstić information content (AvgIpc) is 3.48. The summed E-state index contributed by atoms with van der Waals surface area (Å²) in [4.78, 5) is 30.0. The zero-order valence-corrected chi connectivity index (χ0v) is 24.1. The van der Waals surface area contributed by atoms with E-state index in [-0.39, 0.29) is 29.5 Å². The van der Waals surface area contributed by atoms with E-state index in [4.69, 9.17) is 0 Å². The molecule has 8 nitrogen and oxygen atoms in total. The van der Waals surface area contributed by atoms with Crippen LogP contribution in [0.5, 0.6) is 0 Å². The first kappa shape index (κ1) is 27.0. The molecule has 37 heavy (non-hydrogen) atoms. The highest BCUT2D eigenvalue weighted by Gasteiger charge is 2.25. The predicted molar refractivity (Wildman–Crippen MR) is 152 cm³/mol. The lowest BCUT2D eigenvalue weighted by molar-refractivity contribution is -0.113. The Morgan fingerprint density at radius 1 is 1.14 bits per heavy atom. The van der Waals surface area contributed by atoms with E-state index >= 15 is 0 Å². The maximum Gasteiger partial charge on any atom is 0.251 e. The molecule has 2 amide bonds. The number of amides is 2. The molecule has 0 radical (unpaired) electrons. The van der Waals surface area contributed by atoms with Crippen LogP contribution in [-0.2, 0) is 11.8 Å². The Kier molecular flexibility index (Phi) is 8.78. The van der Waals surface area contributed by atoms with E-state index in [1.54, 1.807) is 6.07 Å². The quantitative estimate of drug-likeness (QED) is 0.234. The van der Waals surface area contributed by atoms with Crippen molar-refractivity contribution in [1.82, 2.24) is 25.1 Å². The number of nitrogens with zero attached hydrogens (tertiary/aromatic N) is 4. The summed E-state index contributed by atoms with van der Waals surface area (Å²) < 4.78 is 2.83. The third-order valence-corrected chi connectivity index (χ3v) is 7.91. The molecule has 2 heterocycles. The van der Waals surface area contributed by atoms with Gasteiger partial charge in [0.15, 0.2) is 16.1 Å². The molecule has 4 rings (SSSR count). The smallest absolute Gasteiger partial charge is 0.251 e. The molecular weight excluding hydrogens is 572 g/mol. The fraction of sp³-hybridized carbons (Fsp3) is 0.269. The maximum absolute atomic E-state index is 12.9. The Bertz CT molecular complexity index is 1400. The van der Waals surface area contributed by atoms with Gasteiger partial charge in [0.25, 0.3) is 5.91 Å². The average molecular weight is 600 g/mol. The number of benzene rings is 2. The molecule has 11 heteroatoms. The van der Waals surface area contributed by atoms with Crippen LogP contribution in [0.2, 0.25) is 0 Å². The second-order valence-electron chi connectivity index (χ2n) is 8.85. The first-order valence-corrected chi connectivity index (χ1v) is 14.3. The molecule has 0 aliphatic carbocycles. The van der Waals surface area contributed by atoms with Crippen molar-refractivity contribution in [3.8, 4) is 11.3 Å². The van der Waals surface area contributed by atoms with E-state index in [2.05, 4.69) is 41.7 Å². The summed E-state index contributed by atoms with van der Waals surface area (Å²) in [6.45, 7) is 5.99. The maximum atomic E-state index is 12.9. The van der Waals surface area contributed by atoms with Crippen LogP contribution in [0.15, 0.2) is 63.5 Å². The molecular formula is C26H27BrN6O2S2. The van der Waals surface area contributed by atoms with Gasteiger partial charge in [-0.05, 0) is 37.1 Å². The molecule has 0 bridgehead atoms. The fourth-order valence-corrected chi connectivity index (χ4v) is 5.35. The number of carbonyl (C=O) groups is 2. The van der Waals surface area contributed by atoms with Gasteiger partial charge < -0.3 is 15.2 Å². The molecule has 0 saturated heterocycles. The van der Waals surface area contributed by atoms with Crippen LogP contribution in [0.4, 0.5) is 5.13 Å². The molecule has 0 spiro atoms. The first-order chi connectivity index (χ1) is 17.7. The number of hydrogen-bond acceptors (Lipinski definition) is 7. The lowest BCUT2D eigenvalue weighted by atomic mass is 10.0. The van der Waals surface area contributed by atoms with Crippen LogP contribution in [0.25, 0.3) is 11.3 Å². The first-order valence-electron chi connectivity index (χ1n) is 11.6. The van der Waals surface area contributed by atoms with Gasteiger partial charge in [-0.3, -0.25) is 9.59 Å². The summed E-state index contributed by atoms with van der Waals surface area (Å²) in [5, 5.41) is 17.6. The van der Waals surface area contributed by atoms with Gasteiger partial charge in [0.1, 0.15) is 0 Å². The Balaban J connectivity index is 1.37. The lowest BCUT2D eigenvalue weighted by Gasteiger charge is -2.21. The number of hydrogen-bond donors (Lipinski definition) is 2. The SMILES string of the molecule is Cc1cccc(C(=O)NC(c2nnc(SCC(=O)Nc3nc(-c4ccc(Br)cc4)cs3)n2C)C(C)C)c1. The number of anilines is 1. The second kappa shape index (κ2) is 12.0. The normalized spacial score (nSPS) is 11.9. The van der Waals surface area contributed by atoms with Gasteiger partial charge in [0, 0.05) is 28.0 Å². The molecule has 192 valence electrons. The van der Waals surface area contributed by atoms with E-state index < -0.39 is 0 Å². The van der Waals surface area contributed by atoms with Gasteiger partial charge in [-0.25, -0.2) is 4.98 Å². The number of carbonyl (C=O) groups excluding carboxylic acids is 2. The van der Waals surface area contributed by atoms with E-state index in [0.29, 0.717) is 21.7 Å². The number of rotatable bonds is 9. The van der Waals surface area contributed by atoms with Crippen molar-refractivity contribution in [2.24, 2.45) is 13.0 Å². The Morgan fingerprint density at radius 3 is 2.59 bits per heavy atom. The van der Waals surface area contributed by atoms with Crippen LogP contribution in [0.1, 0.15) is 41.6 Å². The Morgan fingerprint density at radius 2 is 1.89 bits per heavy atom. The molecule has 0 fully saturated rings. The number of thioether (sulfide) groups is 1. The van der Waals surface area contributed by atoms with Crippen molar-refractivity contribution in [1.29, 1.82) is 0 Å². The van der Waals surface area contributed by atoms with E-state index in [9.17, 15) is 9.59 Å². The molecule has 2 aromatic carbocycles. The third-order valence-electron chi connectivity index (χ3n) is 5.60. The molecule has 4 aromatic rings. The Labute approximate surface area is 232 Å². The monoisotopic (exact) mass is 598 g/mol. The summed E-state index contributed by atoms with van der Waals surface area (Å²) >= 11 is 6.09. The summed E-state index contributed by atoms with van der Waals surface area (Å²) in [7, 11) is 1.84. The number of halogens is 1. The molecule has 2 aromatic heterocycles. The minimum Gasteiger partial charge on any atom is -0.342 e. The largest absolute Gasteiger partial charge is 0.342 e. The summed E-state index contributed by atoms with van der Waals surface area (Å²) in [5.41, 5.74) is 3.41. The van der Waals surface area contributed by atoms with Crippen molar-refractivity contribution < 1.29 is 9.59 Å². The summed E-state index contributed by atoms with van der Waals surface area (Å²) in [5.74, 6) is 0.534. The topological polar surface area (TPSA) is 102 Å². The minimum absolute atomic E-state index is 0.0858. The number of aryl methyl sites for hydroxylation is 1. The highest BCUT2D eigenvalue weighted by molar-refractivity contribution is 9.10. The summed E-state index contributed by atoms with van der Waals surface area (Å²) in [6, 6.07) is 15.0. The van der Waals surface area contributed by atoms with Crippen LogP contribution < -0.4 is 10.6 Å². The van der Waals surface area contributed by atoms with Gasteiger partial charge in [0.05, 0.1) is 17.5 Å². The van der Waals surface area contributed by atoms with Gasteiger partial charge in [-0.15, -0.1) is 21.5 Å². The Hall–Kier alpha value is -3.02. The van der Waals surface area contributed by atoms with Gasteiger partial charge in [-0.1, -0.05) is 71.4 Å². The minimum atomic E-state index is -0.332. The van der Waals surface area contributed by atoms with Crippen molar-refractivity contribution >= 4 is 56.0 Å². The van der Waals surface area contributed by atoms with Crippen LogP contribution in [0.3, 0.4) is 0 Å². The predicted octanol–water partition coefficient (Wildman–Crippen LogP) is 5.87. The van der Waals surface area contributed by atoms with Crippen molar-refractivity contribution in [2.75, 3.05) is 11.1 Å². The van der Waals surface area contributed by atoms with Crippen molar-refractivity contribution in [3.63, 3.8) is 0 Å². The van der Waals surface area contributed by atoms with Gasteiger partial charge >= 0.3 is 0 Å². The zero-order valence-electron chi connectivity index (χ0n) is 20.9. The molecule has 1 unspecified atom stereocenters. The molecule has 0 aliphatic heterocycles. The highest BCUT2D eigenvalue weighted by Crippen LogP contribution is 2.27. The second-order valence-corrected chi connectivity index (χ2v) is 11.6.